The summed E-state index contributed by atoms with van der Waals surface area (Å²) in [5, 5.41) is 0. The fourth-order valence-electron chi connectivity index (χ4n) is 5.38. The average molecular weight is 539 g/mol. The number of aromatic nitrogens is 4. The molecule has 1 fully saturated rings. The van der Waals surface area contributed by atoms with Crippen LogP contribution in [0.1, 0.15) is 35.8 Å². The lowest BCUT2D eigenvalue weighted by Gasteiger charge is -2.37. The van der Waals surface area contributed by atoms with E-state index in [0.29, 0.717) is 17.8 Å². The van der Waals surface area contributed by atoms with Crippen LogP contribution in [0, 0.1) is 0 Å². The van der Waals surface area contributed by atoms with Crippen LogP contribution < -0.4 is 15.0 Å². The summed E-state index contributed by atoms with van der Waals surface area (Å²) in [7, 11) is 3.31. The van der Waals surface area contributed by atoms with Gasteiger partial charge >= 0.3 is 0 Å². The molecule has 6 rings (SSSR count). The van der Waals surface area contributed by atoms with Gasteiger partial charge in [-0.1, -0.05) is 54.6 Å². The van der Waals surface area contributed by atoms with Crippen LogP contribution in [-0.2, 0) is 15.1 Å². The van der Waals surface area contributed by atoms with Crippen LogP contribution in [-0.4, -0.2) is 46.4 Å². The standard InChI is InChI=1S/C31H30N4O5/c1-37-24-12-8-22(9-13-24)31(21-6-4-3-5-7-21,23-10-14-25(38-2)15-11-23)39-18-26-16-17-27(40-26)35-20-34-28-29(35)32-19-33-30(28)36/h3-15,19-20,26-27H,16-18H2,1-2H3,(H,32,33,36). The maximum atomic E-state index is 12.1. The van der Waals surface area contributed by atoms with E-state index in [-0.39, 0.29) is 17.9 Å². The molecule has 0 spiro atoms. The molecule has 9 heteroatoms. The lowest BCUT2D eigenvalue weighted by atomic mass is 9.80. The van der Waals surface area contributed by atoms with Gasteiger partial charge in [-0.05, 0) is 53.8 Å². The first kappa shape index (κ1) is 25.8. The van der Waals surface area contributed by atoms with E-state index >= 15 is 0 Å². The van der Waals surface area contributed by atoms with Crippen LogP contribution in [0.15, 0.2) is 96.3 Å². The van der Waals surface area contributed by atoms with Gasteiger partial charge in [-0.25, -0.2) is 9.97 Å². The van der Waals surface area contributed by atoms with Gasteiger partial charge in [-0.15, -0.1) is 0 Å². The molecule has 1 saturated heterocycles. The molecule has 9 nitrogen and oxygen atoms in total. The largest absolute Gasteiger partial charge is 0.497 e. The molecule has 0 amide bonds. The van der Waals surface area contributed by atoms with E-state index in [1.165, 1.54) is 6.33 Å². The molecule has 2 unspecified atom stereocenters. The van der Waals surface area contributed by atoms with Gasteiger partial charge in [0.2, 0.25) is 0 Å². The number of rotatable bonds is 9. The molecule has 0 radical (unpaired) electrons. The lowest BCUT2D eigenvalue weighted by Crippen LogP contribution is -2.35. The van der Waals surface area contributed by atoms with E-state index in [2.05, 4.69) is 27.1 Å². The number of methoxy groups -OCH3 is 2. The first-order chi connectivity index (χ1) is 19.6. The summed E-state index contributed by atoms with van der Waals surface area (Å²) in [5.74, 6) is 1.53. The van der Waals surface area contributed by atoms with E-state index in [1.54, 1.807) is 20.5 Å². The van der Waals surface area contributed by atoms with Crippen LogP contribution in [0.3, 0.4) is 0 Å². The zero-order valence-electron chi connectivity index (χ0n) is 22.3. The van der Waals surface area contributed by atoms with Gasteiger partial charge in [0.15, 0.2) is 11.2 Å². The molecule has 0 bridgehead atoms. The SMILES string of the molecule is COc1ccc(C(OCC2CCC(n3cnc4c(=O)[nH]cnc43)O2)(c2ccccc2)c2ccc(OC)cc2)cc1. The molecule has 1 aliphatic heterocycles. The van der Waals surface area contributed by atoms with E-state index in [1.807, 2.05) is 71.3 Å². The molecule has 1 N–H and O–H groups in total. The Kier molecular flexibility index (Phi) is 7.06. The number of nitrogens with one attached hydrogen (secondary N) is 1. The molecular weight excluding hydrogens is 508 g/mol. The Balaban J connectivity index is 1.35. The Bertz CT molecular complexity index is 1580. The second-order valence-electron chi connectivity index (χ2n) is 9.66. The van der Waals surface area contributed by atoms with Crippen LogP contribution in [0.4, 0.5) is 0 Å². The third-order valence-electron chi connectivity index (χ3n) is 7.42. The summed E-state index contributed by atoms with van der Waals surface area (Å²) in [6.45, 7) is 0.337. The summed E-state index contributed by atoms with van der Waals surface area (Å²) < 4.78 is 26.1. The molecule has 3 aromatic carbocycles. The summed E-state index contributed by atoms with van der Waals surface area (Å²) in [6.07, 6.45) is 4.06. The zero-order chi connectivity index (χ0) is 27.5. The Morgan fingerprint density at radius 2 is 1.50 bits per heavy atom. The second kappa shape index (κ2) is 11.0. The van der Waals surface area contributed by atoms with Gasteiger partial charge in [0.05, 0.1) is 39.6 Å². The molecule has 2 aromatic heterocycles. The summed E-state index contributed by atoms with van der Waals surface area (Å²) in [4.78, 5) is 23.2. The highest BCUT2D eigenvalue weighted by Crippen LogP contribution is 2.42. The van der Waals surface area contributed by atoms with E-state index in [0.717, 1.165) is 41.0 Å². The molecule has 1 aliphatic rings. The van der Waals surface area contributed by atoms with Crippen LogP contribution >= 0.6 is 0 Å². The number of imidazole rings is 1. The normalized spacial score (nSPS) is 17.2. The highest BCUT2D eigenvalue weighted by molar-refractivity contribution is 5.68. The Labute approximate surface area is 231 Å². The van der Waals surface area contributed by atoms with E-state index < -0.39 is 5.60 Å². The highest BCUT2D eigenvalue weighted by Gasteiger charge is 2.40. The third-order valence-corrected chi connectivity index (χ3v) is 7.42. The minimum atomic E-state index is -0.919. The fraction of sp³-hybridized carbons (Fsp3) is 0.258. The minimum absolute atomic E-state index is 0.177. The second-order valence-corrected chi connectivity index (χ2v) is 9.66. The number of fused-ring (bicyclic) bond motifs is 1. The molecule has 0 aliphatic carbocycles. The topological polar surface area (TPSA) is 100 Å². The first-order valence-corrected chi connectivity index (χ1v) is 13.2. The van der Waals surface area contributed by atoms with Gasteiger partial charge in [0, 0.05) is 0 Å². The van der Waals surface area contributed by atoms with Gasteiger partial charge in [-0.2, -0.15) is 0 Å². The van der Waals surface area contributed by atoms with Crippen LogP contribution in [0.5, 0.6) is 11.5 Å². The third kappa shape index (κ3) is 4.63. The quantitative estimate of drug-likeness (QED) is 0.269. The Hall–Kier alpha value is -4.47. The monoisotopic (exact) mass is 538 g/mol. The number of hydrogen-bond acceptors (Lipinski definition) is 7. The van der Waals surface area contributed by atoms with Gasteiger partial charge < -0.3 is 23.9 Å². The Morgan fingerprint density at radius 1 is 0.875 bits per heavy atom. The predicted molar refractivity (Wildman–Crippen MR) is 150 cm³/mol. The molecule has 0 saturated carbocycles. The fourth-order valence-corrected chi connectivity index (χ4v) is 5.38. The smallest absolute Gasteiger partial charge is 0.278 e. The van der Waals surface area contributed by atoms with Gasteiger partial charge in [0.25, 0.3) is 5.56 Å². The van der Waals surface area contributed by atoms with Crippen molar-refractivity contribution in [3.63, 3.8) is 0 Å². The van der Waals surface area contributed by atoms with E-state index in [4.69, 9.17) is 18.9 Å². The molecule has 2 atom stereocenters. The Morgan fingerprint density at radius 3 is 2.12 bits per heavy atom. The first-order valence-electron chi connectivity index (χ1n) is 13.2. The van der Waals surface area contributed by atoms with Crippen molar-refractivity contribution >= 4 is 11.2 Å². The van der Waals surface area contributed by atoms with Crippen molar-refractivity contribution < 1.29 is 18.9 Å². The van der Waals surface area contributed by atoms with Gasteiger partial charge in [-0.3, -0.25) is 9.36 Å². The van der Waals surface area contributed by atoms with Crippen molar-refractivity contribution in [2.24, 2.45) is 0 Å². The van der Waals surface area contributed by atoms with E-state index in [9.17, 15) is 4.79 Å². The molecule has 40 heavy (non-hydrogen) atoms. The van der Waals surface area contributed by atoms with Crippen molar-refractivity contribution in [2.45, 2.75) is 30.8 Å². The van der Waals surface area contributed by atoms with Crippen molar-refractivity contribution in [2.75, 3.05) is 20.8 Å². The molecule has 5 aromatic rings. The van der Waals surface area contributed by atoms with Crippen LogP contribution in [0.25, 0.3) is 11.2 Å². The summed E-state index contributed by atoms with van der Waals surface area (Å²) in [6, 6.07) is 26.1. The number of H-pyrrole nitrogens is 1. The zero-order valence-corrected chi connectivity index (χ0v) is 22.3. The summed E-state index contributed by atoms with van der Waals surface area (Å²) in [5.41, 5.74) is 2.53. The number of hydrogen-bond donors (Lipinski definition) is 1. The number of aromatic amines is 1. The maximum Gasteiger partial charge on any atom is 0.278 e. The maximum absolute atomic E-state index is 12.1. The van der Waals surface area contributed by atoms with Crippen molar-refractivity contribution in [3.8, 4) is 11.5 Å². The number of ether oxygens (including phenoxy) is 4. The average Bonchev–Trinajstić information content (AvgIpc) is 3.67. The number of nitrogens with zero attached hydrogens (tertiary/aromatic N) is 3. The number of benzene rings is 3. The van der Waals surface area contributed by atoms with Gasteiger partial charge in [0.1, 0.15) is 23.3 Å². The lowest BCUT2D eigenvalue weighted by molar-refractivity contribution is -0.0756. The predicted octanol–water partition coefficient (Wildman–Crippen LogP) is 4.82. The van der Waals surface area contributed by atoms with Crippen molar-refractivity contribution in [1.82, 2.24) is 19.5 Å². The van der Waals surface area contributed by atoms with Crippen molar-refractivity contribution in [1.29, 1.82) is 0 Å². The highest BCUT2D eigenvalue weighted by atomic mass is 16.6. The molecular formula is C31H30N4O5. The molecule has 3 heterocycles. The summed E-state index contributed by atoms with van der Waals surface area (Å²) >= 11 is 0. The molecule has 204 valence electrons. The van der Waals surface area contributed by atoms with Crippen LogP contribution in [0.2, 0.25) is 0 Å². The minimum Gasteiger partial charge on any atom is -0.497 e. The van der Waals surface area contributed by atoms with Crippen molar-refractivity contribution in [3.05, 3.63) is 119 Å².